The van der Waals surface area contributed by atoms with Crippen molar-refractivity contribution < 1.29 is 41.8 Å². The lowest BCUT2D eigenvalue weighted by Gasteiger charge is -2.32. The van der Waals surface area contributed by atoms with Gasteiger partial charge in [-0.25, -0.2) is 18.2 Å². The molecule has 3 saturated heterocycles. The standard InChI is InChI=1S/C34H36FN7O9S/c1-39-31-22(3-2-4-24(31)42(34(39)48)25-7-8-27(44)37-33(25)47)19-9-12-40(13-10-19)17-28(45)36-11-14-51-21-6-5-20-15-26(43)32(30(35)23(20)16-21)41-18-29(46)38-52(41,49)50/h2-6,15-16,19,25,43H,7-14,17-18H2,1H3,(H,36,45)(H,38,46)(H,37,44,47). The van der Waals surface area contributed by atoms with Crippen LogP contribution in [-0.4, -0.2) is 90.5 Å². The van der Waals surface area contributed by atoms with Gasteiger partial charge in [-0.15, -0.1) is 0 Å². The Kier molecular flexibility index (Phi) is 9.12. The minimum atomic E-state index is -4.35. The number of piperidine rings is 2. The van der Waals surface area contributed by atoms with Crippen molar-refractivity contribution in [2.75, 3.05) is 43.6 Å². The van der Waals surface area contributed by atoms with Gasteiger partial charge in [0, 0.05) is 18.9 Å². The van der Waals surface area contributed by atoms with E-state index in [0.717, 1.165) is 23.9 Å². The topological polar surface area (TPSA) is 201 Å². The summed E-state index contributed by atoms with van der Waals surface area (Å²) < 4.78 is 51.0. The van der Waals surface area contributed by atoms with E-state index >= 15 is 4.39 Å². The molecule has 4 N–H and O–H groups in total. The summed E-state index contributed by atoms with van der Waals surface area (Å²) in [6.45, 7) is 1.02. The number of imide groups is 1. The summed E-state index contributed by atoms with van der Waals surface area (Å²) in [7, 11) is -2.67. The number of benzene rings is 3. The Labute approximate surface area is 296 Å². The summed E-state index contributed by atoms with van der Waals surface area (Å²) >= 11 is 0. The summed E-state index contributed by atoms with van der Waals surface area (Å²) in [5, 5.41) is 15.8. The van der Waals surface area contributed by atoms with Gasteiger partial charge < -0.3 is 15.2 Å². The molecule has 16 nitrogen and oxygen atoms in total. The van der Waals surface area contributed by atoms with E-state index in [-0.39, 0.29) is 72.5 Å². The summed E-state index contributed by atoms with van der Waals surface area (Å²) in [6, 6.07) is 10.5. The maximum absolute atomic E-state index is 15.5. The fraction of sp³-hybridized carbons (Fsp3) is 0.382. The second-order valence-corrected chi connectivity index (χ2v) is 14.7. The van der Waals surface area contributed by atoms with Crippen LogP contribution in [0.2, 0.25) is 0 Å². The van der Waals surface area contributed by atoms with Gasteiger partial charge in [-0.2, -0.15) is 8.42 Å². The first-order chi connectivity index (χ1) is 24.8. The second kappa shape index (κ2) is 13.6. The number of aromatic hydroxyl groups is 1. The van der Waals surface area contributed by atoms with E-state index in [2.05, 4.69) is 10.6 Å². The molecule has 3 aliphatic heterocycles. The number of phenolic OH excluding ortho intramolecular Hbond substituents is 1. The molecule has 18 heteroatoms. The largest absolute Gasteiger partial charge is 0.506 e. The van der Waals surface area contributed by atoms with Crippen LogP contribution < -0.4 is 30.1 Å². The number of anilines is 1. The van der Waals surface area contributed by atoms with Gasteiger partial charge in [-0.3, -0.25) is 38.5 Å². The summed E-state index contributed by atoms with van der Waals surface area (Å²) in [4.78, 5) is 64.1. The van der Waals surface area contributed by atoms with E-state index in [4.69, 9.17) is 4.74 Å². The minimum absolute atomic E-state index is 0.0300. The highest BCUT2D eigenvalue weighted by molar-refractivity contribution is 7.92. The Balaban J connectivity index is 0.929. The lowest BCUT2D eigenvalue weighted by molar-refractivity contribution is -0.135. The number of phenols is 1. The number of ether oxygens (including phenoxy) is 1. The Morgan fingerprint density at radius 1 is 1.06 bits per heavy atom. The number of rotatable bonds is 9. The number of carbonyl (C=O) groups excluding carboxylic acids is 4. The van der Waals surface area contributed by atoms with Crippen LogP contribution in [0.1, 0.15) is 43.2 Å². The van der Waals surface area contributed by atoms with Gasteiger partial charge >= 0.3 is 15.9 Å². The first kappa shape index (κ1) is 34.9. The van der Waals surface area contributed by atoms with Gasteiger partial charge in [-0.05, 0) is 73.5 Å². The number of aromatic nitrogens is 2. The number of carbonyl (C=O) groups is 4. The molecular formula is C34H36FN7O9S. The van der Waals surface area contributed by atoms with Gasteiger partial charge in [0.15, 0.2) is 5.82 Å². The number of fused-ring (bicyclic) bond motifs is 2. The number of hydrogen-bond acceptors (Lipinski definition) is 10. The van der Waals surface area contributed by atoms with Crippen molar-refractivity contribution in [3.8, 4) is 11.5 Å². The van der Waals surface area contributed by atoms with Gasteiger partial charge in [0.05, 0.1) is 24.1 Å². The van der Waals surface area contributed by atoms with E-state index in [1.165, 1.54) is 22.8 Å². The molecule has 1 aromatic heterocycles. The highest BCUT2D eigenvalue weighted by Crippen LogP contribution is 2.39. The number of imidazole rings is 1. The van der Waals surface area contributed by atoms with Crippen LogP contribution in [-0.2, 0) is 36.4 Å². The number of halogens is 1. The zero-order valence-electron chi connectivity index (χ0n) is 28.1. The van der Waals surface area contributed by atoms with Crippen LogP contribution in [0, 0.1) is 5.82 Å². The highest BCUT2D eigenvalue weighted by Gasteiger charge is 2.38. The van der Waals surface area contributed by atoms with Gasteiger partial charge in [0.1, 0.15) is 36.4 Å². The van der Waals surface area contributed by atoms with Crippen molar-refractivity contribution in [2.45, 2.75) is 37.6 Å². The average Bonchev–Trinajstić information content (AvgIpc) is 3.52. The Hall–Kier alpha value is -5.49. The maximum Gasteiger partial charge on any atom is 0.329 e. The summed E-state index contributed by atoms with van der Waals surface area (Å²) in [5.41, 5.74) is 1.44. The fourth-order valence-electron chi connectivity index (χ4n) is 7.33. The lowest BCUT2D eigenvalue weighted by atomic mass is 9.88. The molecule has 7 rings (SSSR count). The Morgan fingerprint density at radius 2 is 1.83 bits per heavy atom. The number of likely N-dealkylation sites (tertiary alicyclic amines) is 1. The predicted molar refractivity (Wildman–Crippen MR) is 185 cm³/mol. The molecule has 3 fully saturated rings. The number of hydrogen-bond donors (Lipinski definition) is 4. The minimum Gasteiger partial charge on any atom is -0.506 e. The highest BCUT2D eigenvalue weighted by atomic mass is 32.2. The number of nitrogens with one attached hydrogen (secondary N) is 3. The monoisotopic (exact) mass is 737 g/mol. The van der Waals surface area contributed by atoms with Gasteiger partial charge in [-0.1, -0.05) is 18.2 Å². The SMILES string of the molecule is Cn1c(=O)n(C2CCC(=O)NC2=O)c2cccc(C3CCN(CC(=O)NCCOc4ccc5cc(O)c(N6CC(=O)NS6(=O)=O)c(F)c5c4)CC3)c21. The van der Waals surface area contributed by atoms with Crippen LogP contribution in [0.3, 0.4) is 0 Å². The van der Waals surface area contributed by atoms with Gasteiger partial charge in [0.2, 0.25) is 17.7 Å². The van der Waals surface area contributed by atoms with Crippen LogP contribution in [0.5, 0.6) is 11.5 Å². The molecule has 1 unspecified atom stereocenters. The van der Waals surface area contributed by atoms with Crippen molar-refractivity contribution in [3.05, 3.63) is 64.3 Å². The van der Waals surface area contributed by atoms with Crippen LogP contribution in [0.4, 0.5) is 10.1 Å². The third-order valence-electron chi connectivity index (χ3n) is 9.82. The molecule has 0 aliphatic carbocycles. The van der Waals surface area contributed by atoms with Crippen LogP contribution in [0.15, 0.2) is 47.3 Å². The molecule has 4 aromatic rings. The zero-order valence-corrected chi connectivity index (χ0v) is 28.9. The first-order valence-corrected chi connectivity index (χ1v) is 18.2. The maximum atomic E-state index is 15.5. The van der Waals surface area contributed by atoms with Crippen molar-refractivity contribution in [3.63, 3.8) is 0 Å². The van der Waals surface area contributed by atoms with E-state index in [0.29, 0.717) is 22.9 Å². The van der Waals surface area contributed by atoms with E-state index in [1.54, 1.807) is 22.4 Å². The van der Waals surface area contributed by atoms with Crippen molar-refractivity contribution >= 4 is 61.3 Å². The van der Waals surface area contributed by atoms with Crippen molar-refractivity contribution in [1.82, 2.24) is 29.4 Å². The quantitative estimate of drug-likeness (QED) is 0.141. The molecule has 0 spiro atoms. The fourth-order valence-corrected chi connectivity index (χ4v) is 8.49. The van der Waals surface area contributed by atoms with Crippen molar-refractivity contribution in [2.24, 2.45) is 7.05 Å². The summed E-state index contributed by atoms with van der Waals surface area (Å²) in [6.07, 6.45) is 1.93. The number of amides is 4. The molecule has 3 aliphatic rings. The van der Waals surface area contributed by atoms with Crippen molar-refractivity contribution in [1.29, 1.82) is 0 Å². The number of aryl methyl sites for hydroxylation is 1. The first-order valence-electron chi connectivity index (χ1n) is 16.8. The second-order valence-electron chi connectivity index (χ2n) is 13.1. The van der Waals surface area contributed by atoms with Crippen LogP contribution >= 0.6 is 0 Å². The molecule has 52 heavy (non-hydrogen) atoms. The lowest BCUT2D eigenvalue weighted by Crippen LogP contribution is -2.44. The predicted octanol–water partition coefficient (Wildman–Crippen LogP) is 0.871. The van der Waals surface area contributed by atoms with E-state index < -0.39 is 51.9 Å². The third-order valence-corrected chi connectivity index (χ3v) is 11.2. The zero-order chi connectivity index (χ0) is 36.9. The summed E-state index contributed by atoms with van der Waals surface area (Å²) in [5.74, 6) is -3.19. The number of nitrogens with zero attached hydrogens (tertiary/aromatic N) is 4. The smallest absolute Gasteiger partial charge is 0.329 e. The molecule has 274 valence electrons. The van der Waals surface area contributed by atoms with E-state index in [1.807, 2.05) is 23.1 Å². The normalized spacial score (nSPS) is 19.6. The Bertz CT molecular complexity index is 2320. The third kappa shape index (κ3) is 6.43. The average molecular weight is 738 g/mol. The van der Waals surface area contributed by atoms with E-state index in [9.17, 15) is 37.5 Å². The van der Waals surface area contributed by atoms with Gasteiger partial charge in [0.25, 0.3) is 5.91 Å². The Morgan fingerprint density at radius 3 is 2.54 bits per heavy atom. The molecule has 0 saturated carbocycles. The number of para-hydroxylation sites is 1. The molecule has 0 radical (unpaired) electrons. The molecule has 1 atom stereocenters. The molecule has 0 bridgehead atoms. The molecule has 4 amide bonds. The molecule has 4 heterocycles. The van der Waals surface area contributed by atoms with Crippen LogP contribution in [0.25, 0.3) is 21.8 Å². The molecule has 3 aromatic carbocycles. The molecular weight excluding hydrogens is 701 g/mol.